The van der Waals surface area contributed by atoms with Gasteiger partial charge in [-0.3, -0.25) is 0 Å². The molecule has 0 aromatic carbocycles. The SMILES string of the molecule is CCOC(=O)C(C)O[C]=O. The Labute approximate surface area is 59.1 Å². The molecule has 1 atom stereocenters. The van der Waals surface area contributed by atoms with Crippen LogP contribution in [0.25, 0.3) is 0 Å². The molecule has 0 saturated carbocycles. The summed E-state index contributed by atoms with van der Waals surface area (Å²) in [6.45, 7) is 4.53. The number of carbonyl (C=O) groups is 1. The van der Waals surface area contributed by atoms with Crippen LogP contribution in [0.15, 0.2) is 0 Å². The van der Waals surface area contributed by atoms with E-state index in [-0.39, 0.29) is 6.61 Å². The summed E-state index contributed by atoms with van der Waals surface area (Å²) in [4.78, 5) is 20.2. The minimum absolute atomic E-state index is 0.283. The third kappa shape index (κ3) is 3.06. The van der Waals surface area contributed by atoms with E-state index in [4.69, 9.17) is 0 Å². The standard InChI is InChI=1S/C6H9O4/c1-3-9-6(8)5(2)10-4-7/h5H,3H2,1-2H3. The molecule has 1 radical (unpaired) electrons. The molecule has 0 aromatic rings. The second-order valence-electron chi connectivity index (χ2n) is 1.60. The van der Waals surface area contributed by atoms with E-state index in [9.17, 15) is 9.59 Å². The highest BCUT2D eigenvalue weighted by molar-refractivity contribution is 5.75. The van der Waals surface area contributed by atoms with E-state index in [1.165, 1.54) is 6.92 Å². The van der Waals surface area contributed by atoms with Crippen molar-refractivity contribution in [1.82, 2.24) is 0 Å². The first kappa shape index (κ1) is 8.94. The van der Waals surface area contributed by atoms with Crippen LogP contribution in [0.2, 0.25) is 0 Å². The third-order valence-corrected chi connectivity index (χ3v) is 0.843. The molecule has 0 heterocycles. The molecule has 10 heavy (non-hydrogen) atoms. The summed E-state index contributed by atoms with van der Waals surface area (Å²) < 4.78 is 8.69. The van der Waals surface area contributed by atoms with Crippen molar-refractivity contribution in [3.63, 3.8) is 0 Å². The molecule has 4 nitrogen and oxygen atoms in total. The minimum Gasteiger partial charge on any atom is -0.463 e. The van der Waals surface area contributed by atoms with Gasteiger partial charge >= 0.3 is 12.4 Å². The first-order valence-electron chi connectivity index (χ1n) is 2.91. The number of ether oxygens (including phenoxy) is 2. The molecule has 0 aromatic heterocycles. The summed E-state index contributed by atoms with van der Waals surface area (Å²) in [5.41, 5.74) is 0. The van der Waals surface area contributed by atoms with Crippen LogP contribution in [-0.4, -0.2) is 25.2 Å². The lowest BCUT2D eigenvalue weighted by molar-refractivity contribution is -0.151. The fourth-order valence-electron chi connectivity index (χ4n) is 0.380. The van der Waals surface area contributed by atoms with E-state index in [1.807, 2.05) is 0 Å². The van der Waals surface area contributed by atoms with Crippen LogP contribution in [-0.2, 0) is 19.1 Å². The third-order valence-electron chi connectivity index (χ3n) is 0.843. The number of hydrogen-bond acceptors (Lipinski definition) is 4. The van der Waals surface area contributed by atoms with Crippen LogP contribution in [0.5, 0.6) is 0 Å². The van der Waals surface area contributed by atoms with E-state index in [2.05, 4.69) is 9.47 Å². The average molecular weight is 145 g/mol. The lowest BCUT2D eigenvalue weighted by atomic mass is 10.4. The Balaban J connectivity index is 3.58. The van der Waals surface area contributed by atoms with Crippen LogP contribution in [0, 0.1) is 0 Å². The molecule has 0 saturated heterocycles. The fraction of sp³-hybridized carbons (Fsp3) is 0.667. The van der Waals surface area contributed by atoms with E-state index < -0.39 is 12.1 Å². The minimum atomic E-state index is -0.850. The van der Waals surface area contributed by atoms with Gasteiger partial charge < -0.3 is 9.47 Å². The summed E-state index contributed by atoms with van der Waals surface area (Å²) in [6.07, 6.45) is -0.850. The predicted molar refractivity (Wildman–Crippen MR) is 32.9 cm³/mol. The van der Waals surface area contributed by atoms with E-state index in [0.717, 1.165) is 6.47 Å². The lowest BCUT2D eigenvalue weighted by Gasteiger charge is -2.05. The molecule has 0 bridgehead atoms. The Morgan fingerprint density at radius 1 is 1.70 bits per heavy atom. The first-order valence-corrected chi connectivity index (χ1v) is 2.91. The number of carbonyl (C=O) groups excluding carboxylic acids is 2. The van der Waals surface area contributed by atoms with Gasteiger partial charge in [0.05, 0.1) is 6.61 Å². The quantitative estimate of drug-likeness (QED) is 0.523. The smallest absolute Gasteiger partial charge is 0.418 e. The van der Waals surface area contributed by atoms with Crippen molar-refractivity contribution < 1.29 is 19.1 Å². The van der Waals surface area contributed by atoms with Gasteiger partial charge in [0.2, 0.25) is 0 Å². The summed E-state index contributed by atoms with van der Waals surface area (Å²) >= 11 is 0. The molecule has 0 aliphatic carbocycles. The van der Waals surface area contributed by atoms with Gasteiger partial charge in [0.1, 0.15) is 0 Å². The maximum atomic E-state index is 10.6. The molecular formula is C6H9O4. The Bertz CT molecular complexity index is 121. The Kier molecular flexibility index (Phi) is 4.28. The number of esters is 1. The van der Waals surface area contributed by atoms with E-state index >= 15 is 0 Å². The molecule has 4 heteroatoms. The molecule has 0 rings (SSSR count). The van der Waals surface area contributed by atoms with Gasteiger partial charge in [0.25, 0.3) is 0 Å². The molecule has 0 spiro atoms. The van der Waals surface area contributed by atoms with Crippen molar-refractivity contribution in [1.29, 1.82) is 0 Å². The largest absolute Gasteiger partial charge is 0.463 e. The van der Waals surface area contributed by atoms with Crippen molar-refractivity contribution in [2.24, 2.45) is 0 Å². The zero-order valence-corrected chi connectivity index (χ0v) is 5.92. The summed E-state index contributed by atoms with van der Waals surface area (Å²) in [5, 5.41) is 0. The van der Waals surface area contributed by atoms with Crippen LogP contribution in [0.4, 0.5) is 0 Å². The molecule has 1 unspecified atom stereocenters. The maximum Gasteiger partial charge on any atom is 0.418 e. The van der Waals surface area contributed by atoms with E-state index in [0.29, 0.717) is 0 Å². The molecule has 0 fully saturated rings. The van der Waals surface area contributed by atoms with Crippen molar-refractivity contribution in [2.45, 2.75) is 20.0 Å². The van der Waals surface area contributed by atoms with Crippen molar-refractivity contribution in [3.8, 4) is 0 Å². The maximum absolute atomic E-state index is 10.6. The van der Waals surface area contributed by atoms with Gasteiger partial charge in [-0.2, -0.15) is 0 Å². The topological polar surface area (TPSA) is 52.6 Å². The number of rotatable bonds is 4. The molecule has 57 valence electrons. The summed E-state index contributed by atoms with van der Waals surface area (Å²) in [6, 6.07) is 0. The second kappa shape index (κ2) is 4.78. The lowest BCUT2D eigenvalue weighted by Crippen LogP contribution is -2.22. The van der Waals surface area contributed by atoms with Crippen molar-refractivity contribution in [2.75, 3.05) is 6.61 Å². The Morgan fingerprint density at radius 2 is 2.30 bits per heavy atom. The highest BCUT2D eigenvalue weighted by atomic mass is 16.6. The molecular weight excluding hydrogens is 136 g/mol. The summed E-state index contributed by atoms with van der Waals surface area (Å²) in [5.74, 6) is -0.550. The monoisotopic (exact) mass is 145 g/mol. The number of hydrogen-bond donors (Lipinski definition) is 0. The van der Waals surface area contributed by atoms with Gasteiger partial charge in [-0.15, -0.1) is 0 Å². The Hall–Kier alpha value is -1.06. The van der Waals surface area contributed by atoms with Crippen LogP contribution >= 0.6 is 0 Å². The highest BCUT2D eigenvalue weighted by Gasteiger charge is 2.13. The zero-order valence-electron chi connectivity index (χ0n) is 5.92. The van der Waals surface area contributed by atoms with Crippen molar-refractivity contribution >= 4 is 12.4 Å². The van der Waals surface area contributed by atoms with Crippen LogP contribution in [0.3, 0.4) is 0 Å². The van der Waals surface area contributed by atoms with Gasteiger partial charge in [-0.05, 0) is 13.8 Å². The second-order valence-corrected chi connectivity index (χ2v) is 1.60. The van der Waals surface area contributed by atoms with E-state index in [1.54, 1.807) is 6.92 Å². The summed E-state index contributed by atoms with van der Waals surface area (Å²) in [7, 11) is 0. The predicted octanol–water partition coefficient (Wildman–Crippen LogP) is 0.0218. The average Bonchev–Trinajstić information content (AvgIpc) is 1.89. The molecule has 0 amide bonds. The van der Waals surface area contributed by atoms with Gasteiger partial charge in [-0.25, -0.2) is 9.59 Å². The molecule has 0 N–H and O–H groups in total. The van der Waals surface area contributed by atoms with Gasteiger partial charge in [-0.1, -0.05) is 0 Å². The normalized spacial score (nSPS) is 11.8. The van der Waals surface area contributed by atoms with Crippen molar-refractivity contribution in [3.05, 3.63) is 0 Å². The highest BCUT2D eigenvalue weighted by Crippen LogP contribution is 1.91. The molecule has 0 aliphatic rings. The Morgan fingerprint density at radius 3 is 2.70 bits per heavy atom. The van der Waals surface area contributed by atoms with Gasteiger partial charge in [0, 0.05) is 0 Å². The molecule has 0 aliphatic heterocycles. The van der Waals surface area contributed by atoms with Gasteiger partial charge in [0.15, 0.2) is 6.10 Å². The fourth-order valence-corrected chi connectivity index (χ4v) is 0.380. The first-order chi connectivity index (χ1) is 4.72. The van der Waals surface area contributed by atoms with Crippen LogP contribution in [0.1, 0.15) is 13.8 Å². The van der Waals surface area contributed by atoms with Crippen LogP contribution < -0.4 is 0 Å². The zero-order chi connectivity index (χ0) is 7.98.